The number of nitrogens with one attached hydrogen (secondary N) is 1. The molecule has 0 fully saturated rings. The Kier molecular flexibility index (Phi) is 2.53. The Bertz CT molecular complexity index is 396. The van der Waals surface area contributed by atoms with Crippen LogP contribution >= 0.6 is 0 Å². The van der Waals surface area contributed by atoms with Crippen LogP contribution in [0.1, 0.15) is 5.82 Å². The Labute approximate surface area is 73.3 Å². The zero-order valence-electron chi connectivity index (χ0n) is 6.90. The standard InChI is InChI=1S/C7H7N3O3/c1-3-5(11)13-7-9-4(2)8-6(12)10-7/h3H,1H2,2H3,(H,8,9,10,12). The first-order valence-electron chi connectivity index (χ1n) is 3.41. The second-order valence-corrected chi connectivity index (χ2v) is 2.15. The number of carbonyl (C=O) groups excluding carboxylic acids is 1. The fourth-order valence-electron chi connectivity index (χ4n) is 0.643. The summed E-state index contributed by atoms with van der Waals surface area (Å²) in [5.41, 5.74) is -0.612. The van der Waals surface area contributed by atoms with Gasteiger partial charge in [-0.1, -0.05) is 6.58 Å². The van der Waals surface area contributed by atoms with Gasteiger partial charge in [-0.2, -0.15) is 4.98 Å². The van der Waals surface area contributed by atoms with Crippen LogP contribution in [0.5, 0.6) is 6.01 Å². The first-order valence-corrected chi connectivity index (χ1v) is 3.41. The van der Waals surface area contributed by atoms with E-state index in [1.807, 2.05) is 0 Å². The Morgan fingerprint density at radius 2 is 2.31 bits per heavy atom. The third kappa shape index (κ3) is 2.51. The van der Waals surface area contributed by atoms with E-state index in [2.05, 4.69) is 26.3 Å². The third-order valence-electron chi connectivity index (χ3n) is 1.11. The number of hydrogen-bond acceptors (Lipinski definition) is 5. The van der Waals surface area contributed by atoms with E-state index in [1.54, 1.807) is 6.92 Å². The Morgan fingerprint density at radius 1 is 1.62 bits per heavy atom. The van der Waals surface area contributed by atoms with Crippen LogP contribution < -0.4 is 10.4 Å². The van der Waals surface area contributed by atoms with E-state index in [0.717, 1.165) is 6.08 Å². The highest BCUT2D eigenvalue weighted by molar-refractivity contribution is 5.82. The van der Waals surface area contributed by atoms with Gasteiger partial charge < -0.3 is 4.74 Å². The molecule has 13 heavy (non-hydrogen) atoms. The van der Waals surface area contributed by atoms with Crippen LogP contribution in [0.15, 0.2) is 17.4 Å². The van der Waals surface area contributed by atoms with Crippen molar-refractivity contribution in [3.63, 3.8) is 0 Å². The van der Waals surface area contributed by atoms with Gasteiger partial charge in [0.2, 0.25) is 0 Å². The van der Waals surface area contributed by atoms with Gasteiger partial charge in [0.25, 0.3) is 0 Å². The van der Waals surface area contributed by atoms with Gasteiger partial charge >= 0.3 is 17.7 Å². The summed E-state index contributed by atoms with van der Waals surface area (Å²) in [6.45, 7) is 4.74. The number of hydrogen-bond donors (Lipinski definition) is 1. The largest absolute Gasteiger partial charge is 0.387 e. The summed E-state index contributed by atoms with van der Waals surface area (Å²) in [5, 5.41) is 0. The molecule has 0 saturated heterocycles. The van der Waals surface area contributed by atoms with Crippen LogP contribution in [0.25, 0.3) is 0 Å². The molecule has 0 bridgehead atoms. The van der Waals surface area contributed by atoms with Crippen molar-refractivity contribution in [3.05, 3.63) is 29.0 Å². The number of H-pyrrole nitrogens is 1. The average Bonchev–Trinajstić information content (AvgIpc) is 2.02. The maximum absolute atomic E-state index is 10.8. The predicted molar refractivity (Wildman–Crippen MR) is 43.2 cm³/mol. The van der Waals surface area contributed by atoms with Crippen LogP contribution in [-0.2, 0) is 4.79 Å². The summed E-state index contributed by atoms with van der Waals surface area (Å²) >= 11 is 0. The van der Waals surface area contributed by atoms with Gasteiger partial charge in [0, 0.05) is 6.08 Å². The number of ether oxygens (including phenoxy) is 1. The zero-order valence-corrected chi connectivity index (χ0v) is 6.90. The van der Waals surface area contributed by atoms with E-state index in [4.69, 9.17) is 0 Å². The monoisotopic (exact) mass is 181 g/mol. The van der Waals surface area contributed by atoms with Crippen LogP contribution in [0.2, 0.25) is 0 Å². The van der Waals surface area contributed by atoms with Gasteiger partial charge in [-0.15, -0.1) is 4.98 Å². The van der Waals surface area contributed by atoms with E-state index in [1.165, 1.54) is 0 Å². The quantitative estimate of drug-likeness (QED) is 0.494. The molecule has 1 N–H and O–H groups in total. The fraction of sp³-hybridized carbons (Fsp3) is 0.143. The fourth-order valence-corrected chi connectivity index (χ4v) is 0.643. The SMILES string of the molecule is C=CC(=O)Oc1nc(C)[nH]c(=O)n1. The van der Waals surface area contributed by atoms with Gasteiger partial charge in [-0.25, -0.2) is 9.59 Å². The molecule has 0 amide bonds. The van der Waals surface area contributed by atoms with Crippen molar-refractivity contribution in [2.24, 2.45) is 0 Å². The molecule has 1 rings (SSSR count). The second-order valence-electron chi connectivity index (χ2n) is 2.15. The van der Waals surface area contributed by atoms with Gasteiger partial charge in [0.15, 0.2) is 0 Å². The average molecular weight is 181 g/mol. The lowest BCUT2D eigenvalue weighted by molar-refractivity contribution is -0.129. The predicted octanol–water partition coefficient (Wildman–Crippen LogP) is -0.435. The number of aromatic nitrogens is 3. The van der Waals surface area contributed by atoms with Gasteiger partial charge in [0.1, 0.15) is 5.82 Å². The number of aromatic amines is 1. The molecule has 0 aromatic carbocycles. The highest BCUT2D eigenvalue weighted by Gasteiger charge is 2.04. The lowest BCUT2D eigenvalue weighted by Gasteiger charge is -1.97. The van der Waals surface area contributed by atoms with Crippen molar-refractivity contribution in [1.29, 1.82) is 0 Å². The molecule has 0 aliphatic heterocycles. The topological polar surface area (TPSA) is 84.9 Å². The Hall–Kier alpha value is -1.98. The zero-order chi connectivity index (χ0) is 9.84. The van der Waals surface area contributed by atoms with Gasteiger partial charge in [-0.05, 0) is 6.92 Å². The van der Waals surface area contributed by atoms with Crippen LogP contribution in [-0.4, -0.2) is 20.9 Å². The molecule has 1 aromatic rings. The molecule has 0 radical (unpaired) electrons. The van der Waals surface area contributed by atoms with E-state index in [9.17, 15) is 9.59 Å². The van der Waals surface area contributed by atoms with Crippen molar-refractivity contribution in [3.8, 4) is 6.01 Å². The molecular formula is C7H7N3O3. The van der Waals surface area contributed by atoms with Crippen molar-refractivity contribution in [2.45, 2.75) is 6.92 Å². The normalized spacial score (nSPS) is 9.31. The van der Waals surface area contributed by atoms with Crippen molar-refractivity contribution < 1.29 is 9.53 Å². The molecule has 1 aromatic heterocycles. The maximum Gasteiger partial charge on any atom is 0.350 e. The van der Waals surface area contributed by atoms with Crippen LogP contribution in [0, 0.1) is 6.92 Å². The molecular weight excluding hydrogens is 174 g/mol. The number of nitrogens with zero attached hydrogens (tertiary/aromatic N) is 2. The third-order valence-corrected chi connectivity index (χ3v) is 1.11. The molecule has 0 spiro atoms. The van der Waals surface area contributed by atoms with Crippen LogP contribution in [0.3, 0.4) is 0 Å². The molecule has 6 nitrogen and oxygen atoms in total. The highest BCUT2D eigenvalue weighted by Crippen LogP contribution is 1.96. The minimum Gasteiger partial charge on any atom is -0.387 e. The molecule has 0 aliphatic rings. The van der Waals surface area contributed by atoms with E-state index in [-0.39, 0.29) is 6.01 Å². The summed E-state index contributed by atoms with van der Waals surface area (Å²) in [4.78, 5) is 30.7. The molecule has 0 atom stereocenters. The van der Waals surface area contributed by atoms with Crippen molar-refractivity contribution in [1.82, 2.24) is 15.0 Å². The van der Waals surface area contributed by atoms with E-state index in [0.29, 0.717) is 5.82 Å². The summed E-state index contributed by atoms with van der Waals surface area (Å²) in [7, 11) is 0. The van der Waals surface area contributed by atoms with Gasteiger partial charge in [0.05, 0.1) is 0 Å². The molecule has 0 unspecified atom stereocenters. The van der Waals surface area contributed by atoms with Crippen molar-refractivity contribution >= 4 is 5.97 Å². The van der Waals surface area contributed by atoms with Crippen LogP contribution in [0.4, 0.5) is 0 Å². The number of esters is 1. The smallest absolute Gasteiger partial charge is 0.350 e. The molecule has 6 heteroatoms. The molecule has 0 aliphatic carbocycles. The lowest BCUT2D eigenvalue weighted by atomic mass is 10.6. The highest BCUT2D eigenvalue weighted by atomic mass is 16.5. The van der Waals surface area contributed by atoms with E-state index < -0.39 is 11.7 Å². The van der Waals surface area contributed by atoms with Gasteiger partial charge in [-0.3, -0.25) is 4.98 Å². The molecule has 68 valence electrons. The number of carbonyl (C=O) groups is 1. The second kappa shape index (κ2) is 3.61. The minimum atomic E-state index is -0.704. The summed E-state index contributed by atoms with van der Waals surface area (Å²) in [6, 6.07) is -0.272. The van der Waals surface area contributed by atoms with Crippen molar-refractivity contribution in [2.75, 3.05) is 0 Å². The Balaban J connectivity index is 2.95. The molecule has 0 saturated carbocycles. The first kappa shape index (κ1) is 9.11. The van der Waals surface area contributed by atoms with E-state index >= 15 is 0 Å². The minimum absolute atomic E-state index is 0.272. The summed E-state index contributed by atoms with van der Waals surface area (Å²) in [6.07, 6.45) is 0.958. The number of rotatable bonds is 2. The molecule has 1 heterocycles. The maximum atomic E-state index is 10.8. The Morgan fingerprint density at radius 3 is 2.85 bits per heavy atom. The summed E-state index contributed by atoms with van der Waals surface area (Å²) in [5.74, 6) is -0.378. The lowest BCUT2D eigenvalue weighted by Crippen LogP contribution is -2.17. The summed E-state index contributed by atoms with van der Waals surface area (Å²) < 4.78 is 4.53. The first-order chi connectivity index (χ1) is 6.11. The number of aryl methyl sites for hydroxylation is 1.